The fourth-order valence-corrected chi connectivity index (χ4v) is 3.16. The maximum atomic E-state index is 12.9. The van der Waals surface area contributed by atoms with Gasteiger partial charge in [-0.1, -0.05) is 28.1 Å². The minimum Gasteiger partial charge on any atom is -0.484 e. The van der Waals surface area contributed by atoms with Crippen molar-refractivity contribution in [2.24, 2.45) is 0 Å². The van der Waals surface area contributed by atoms with Crippen molar-refractivity contribution in [1.82, 2.24) is 10.2 Å². The average molecular weight is 559 g/mol. The van der Waals surface area contributed by atoms with Crippen LogP contribution in [0.1, 0.15) is 26.3 Å². The molecule has 0 aromatic heterocycles. The Morgan fingerprint density at radius 1 is 1.07 bits per heavy atom. The van der Waals surface area contributed by atoms with Crippen molar-refractivity contribution in [1.29, 1.82) is 0 Å². The molecular weight excluding hydrogens is 535 g/mol. The quantitative estimate of drug-likeness (QED) is 0.489. The van der Waals surface area contributed by atoms with Crippen LogP contribution in [0.2, 0.25) is 0 Å². The highest BCUT2D eigenvalue weighted by molar-refractivity contribution is 14.1. The van der Waals surface area contributed by atoms with Crippen molar-refractivity contribution < 1.29 is 14.3 Å². The van der Waals surface area contributed by atoms with Gasteiger partial charge < -0.3 is 15.0 Å². The fourth-order valence-electron chi connectivity index (χ4n) is 2.53. The Balaban J connectivity index is 2.12. The van der Waals surface area contributed by atoms with Gasteiger partial charge in [0.05, 0.1) is 0 Å². The van der Waals surface area contributed by atoms with Gasteiger partial charge >= 0.3 is 0 Å². The topological polar surface area (TPSA) is 58.6 Å². The molecule has 1 atom stereocenters. The average Bonchev–Trinajstić information content (AvgIpc) is 2.65. The molecule has 0 saturated carbocycles. The molecule has 150 valence electrons. The molecule has 7 heteroatoms. The third-order valence-corrected chi connectivity index (χ3v) is 5.29. The number of ether oxygens (including phenoxy) is 1. The third kappa shape index (κ3) is 7.09. The largest absolute Gasteiger partial charge is 0.484 e. The van der Waals surface area contributed by atoms with Gasteiger partial charge in [-0.2, -0.15) is 0 Å². The first kappa shape index (κ1) is 22.7. The second kappa shape index (κ2) is 10.8. The highest BCUT2D eigenvalue weighted by atomic mass is 127. The molecule has 2 rings (SSSR count). The van der Waals surface area contributed by atoms with Crippen LogP contribution >= 0.6 is 38.5 Å². The number of nitrogens with zero attached hydrogens (tertiary/aromatic N) is 1. The summed E-state index contributed by atoms with van der Waals surface area (Å²) in [5.74, 6) is 0.194. The molecule has 0 radical (unpaired) electrons. The first-order chi connectivity index (χ1) is 13.3. The van der Waals surface area contributed by atoms with E-state index in [-0.39, 0.29) is 24.5 Å². The Bertz CT molecular complexity index is 794. The molecule has 1 N–H and O–H groups in total. The van der Waals surface area contributed by atoms with Crippen LogP contribution in [0.5, 0.6) is 5.75 Å². The third-order valence-electron chi connectivity index (χ3n) is 4.04. The summed E-state index contributed by atoms with van der Waals surface area (Å²) in [6.07, 6.45) is 0. The summed E-state index contributed by atoms with van der Waals surface area (Å²) in [5.41, 5.74) is 0.940. The van der Waals surface area contributed by atoms with Crippen LogP contribution in [-0.4, -0.2) is 35.4 Å². The van der Waals surface area contributed by atoms with Crippen LogP contribution in [0.3, 0.4) is 0 Å². The number of carbonyl (C=O) groups excluding carboxylic acids is 2. The highest BCUT2D eigenvalue weighted by Gasteiger charge is 2.26. The van der Waals surface area contributed by atoms with Gasteiger partial charge in [-0.25, -0.2) is 0 Å². The smallest absolute Gasteiger partial charge is 0.261 e. The van der Waals surface area contributed by atoms with Crippen molar-refractivity contribution in [2.45, 2.75) is 39.4 Å². The summed E-state index contributed by atoms with van der Waals surface area (Å²) in [6.45, 7) is 5.72. The Hall–Kier alpha value is -1.61. The lowest BCUT2D eigenvalue weighted by Crippen LogP contribution is -2.50. The fraction of sp³-hybridized carbons (Fsp3) is 0.333. The normalized spacial score (nSPS) is 11.8. The number of carbonyl (C=O) groups is 2. The molecule has 0 unspecified atom stereocenters. The van der Waals surface area contributed by atoms with Crippen molar-refractivity contribution >= 4 is 50.3 Å². The van der Waals surface area contributed by atoms with Crippen LogP contribution in [0, 0.1) is 3.57 Å². The highest BCUT2D eigenvalue weighted by Crippen LogP contribution is 2.16. The zero-order chi connectivity index (χ0) is 20.7. The SMILES string of the molecule is CC(C)NC(=O)[C@@H](C)N(Cc1ccc(Br)cc1)C(=O)COc1ccc(I)cc1. The molecule has 2 aromatic rings. The van der Waals surface area contributed by atoms with Crippen LogP contribution < -0.4 is 10.1 Å². The number of benzene rings is 2. The van der Waals surface area contributed by atoms with Crippen LogP contribution in [0.4, 0.5) is 0 Å². The van der Waals surface area contributed by atoms with E-state index in [9.17, 15) is 9.59 Å². The molecule has 0 spiro atoms. The van der Waals surface area contributed by atoms with Crippen LogP contribution in [-0.2, 0) is 16.1 Å². The molecule has 0 heterocycles. The summed E-state index contributed by atoms with van der Waals surface area (Å²) in [4.78, 5) is 26.9. The zero-order valence-corrected chi connectivity index (χ0v) is 19.9. The van der Waals surface area contributed by atoms with Gasteiger partial charge in [0.1, 0.15) is 11.8 Å². The van der Waals surface area contributed by atoms with Gasteiger partial charge in [0, 0.05) is 20.6 Å². The number of rotatable bonds is 8. The maximum absolute atomic E-state index is 12.9. The second-order valence-electron chi connectivity index (χ2n) is 6.73. The summed E-state index contributed by atoms with van der Waals surface area (Å²) in [5, 5.41) is 2.87. The lowest BCUT2D eigenvalue weighted by Gasteiger charge is -2.29. The minimum atomic E-state index is -0.612. The van der Waals surface area contributed by atoms with Crippen molar-refractivity contribution in [3.05, 3.63) is 62.1 Å². The Kier molecular flexibility index (Phi) is 8.75. The van der Waals surface area contributed by atoms with Crippen molar-refractivity contribution in [3.8, 4) is 5.75 Å². The second-order valence-corrected chi connectivity index (χ2v) is 8.89. The van der Waals surface area contributed by atoms with Crippen LogP contribution in [0.15, 0.2) is 53.0 Å². The van der Waals surface area contributed by atoms with E-state index in [1.54, 1.807) is 11.8 Å². The molecule has 0 bridgehead atoms. The van der Waals surface area contributed by atoms with Crippen molar-refractivity contribution in [2.75, 3.05) is 6.61 Å². The molecular formula is C21H24BrIN2O3. The molecule has 5 nitrogen and oxygen atoms in total. The molecule has 0 aliphatic heterocycles. The van der Waals surface area contributed by atoms with E-state index in [1.165, 1.54) is 0 Å². The van der Waals surface area contributed by atoms with E-state index in [2.05, 4.69) is 43.8 Å². The first-order valence-electron chi connectivity index (χ1n) is 8.99. The van der Waals surface area contributed by atoms with E-state index in [0.717, 1.165) is 13.6 Å². The van der Waals surface area contributed by atoms with Gasteiger partial charge in [0.2, 0.25) is 5.91 Å². The molecule has 28 heavy (non-hydrogen) atoms. The predicted octanol–water partition coefficient (Wildman–Crippen LogP) is 4.37. The summed E-state index contributed by atoms with van der Waals surface area (Å²) < 4.78 is 7.69. The van der Waals surface area contributed by atoms with E-state index in [0.29, 0.717) is 12.3 Å². The van der Waals surface area contributed by atoms with Gasteiger partial charge in [0.15, 0.2) is 6.61 Å². The van der Waals surface area contributed by atoms with Gasteiger partial charge in [-0.05, 0) is 85.3 Å². The lowest BCUT2D eigenvalue weighted by atomic mass is 10.1. The number of nitrogens with one attached hydrogen (secondary N) is 1. The van der Waals surface area contributed by atoms with Gasteiger partial charge in [0.25, 0.3) is 5.91 Å². The zero-order valence-electron chi connectivity index (χ0n) is 16.1. The standard InChI is InChI=1S/C21H24BrIN2O3/c1-14(2)24-21(27)15(3)25(12-16-4-6-17(22)7-5-16)20(26)13-28-19-10-8-18(23)9-11-19/h4-11,14-15H,12-13H2,1-3H3,(H,24,27)/t15-/m1/s1. The van der Waals surface area contributed by atoms with E-state index < -0.39 is 6.04 Å². The first-order valence-corrected chi connectivity index (χ1v) is 10.9. The Morgan fingerprint density at radius 3 is 2.25 bits per heavy atom. The van der Waals surface area contributed by atoms with Crippen molar-refractivity contribution in [3.63, 3.8) is 0 Å². The summed E-state index contributed by atoms with van der Waals surface area (Å²) in [6, 6.07) is 14.6. The van der Waals surface area contributed by atoms with E-state index in [4.69, 9.17) is 4.74 Å². The number of halogens is 2. The molecule has 0 fully saturated rings. The van der Waals surface area contributed by atoms with E-state index >= 15 is 0 Å². The van der Waals surface area contributed by atoms with E-state index in [1.807, 2.05) is 62.4 Å². The van der Waals surface area contributed by atoms with Gasteiger partial charge in [-0.3, -0.25) is 9.59 Å². The number of hydrogen-bond acceptors (Lipinski definition) is 3. The maximum Gasteiger partial charge on any atom is 0.261 e. The molecule has 2 amide bonds. The monoisotopic (exact) mass is 558 g/mol. The number of hydrogen-bond donors (Lipinski definition) is 1. The number of amides is 2. The molecule has 2 aromatic carbocycles. The molecule has 0 saturated heterocycles. The summed E-state index contributed by atoms with van der Waals surface area (Å²) >= 11 is 5.62. The summed E-state index contributed by atoms with van der Waals surface area (Å²) in [7, 11) is 0. The Morgan fingerprint density at radius 2 is 1.68 bits per heavy atom. The predicted molar refractivity (Wildman–Crippen MR) is 122 cm³/mol. The lowest BCUT2D eigenvalue weighted by molar-refractivity contribution is -0.142. The Labute approximate surface area is 188 Å². The molecule has 0 aliphatic carbocycles. The minimum absolute atomic E-state index is 0.00243. The molecule has 0 aliphatic rings. The van der Waals surface area contributed by atoms with Gasteiger partial charge in [-0.15, -0.1) is 0 Å². The van der Waals surface area contributed by atoms with Crippen LogP contribution in [0.25, 0.3) is 0 Å².